The van der Waals surface area contributed by atoms with Gasteiger partial charge in [-0.1, -0.05) is 0 Å². The minimum Gasteiger partial charge on any atom is -0.497 e. The molecule has 0 aliphatic heterocycles. The number of halogens is 1. The van der Waals surface area contributed by atoms with E-state index in [1.54, 1.807) is 14.0 Å². The lowest BCUT2D eigenvalue weighted by atomic mass is 10.2. The summed E-state index contributed by atoms with van der Waals surface area (Å²) < 4.78 is 23.5. The highest BCUT2D eigenvalue weighted by Crippen LogP contribution is 2.21. The monoisotopic (exact) mass is 284 g/mol. The highest BCUT2D eigenvalue weighted by atomic mass is 19.1. The molecule has 0 radical (unpaired) electrons. The maximum atomic E-state index is 13.6. The zero-order chi connectivity index (χ0) is 15.0. The van der Waals surface area contributed by atoms with Crippen LogP contribution in [0, 0.1) is 5.82 Å². The molecule has 1 aromatic carbocycles. The lowest BCUT2D eigenvalue weighted by Crippen LogP contribution is -2.38. The zero-order valence-electron chi connectivity index (χ0n) is 12.0. The molecule has 1 amide bonds. The average Bonchev–Trinajstić information content (AvgIpc) is 2.45. The first kappa shape index (κ1) is 16.2. The minimum atomic E-state index is -0.542. The number of hydrogen-bond donors (Lipinski definition) is 2. The first-order chi connectivity index (χ1) is 9.58. The summed E-state index contributed by atoms with van der Waals surface area (Å²) in [5, 5.41) is 5.58. The smallest absolute Gasteiger partial charge is 0.242 e. The highest BCUT2D eigenvalue weighted by Gasteiger charge is 2.14. The molecule has 1 atom stereocenters. The van der Waals surface area contributed by atoms with Crippen LogP contribution in [0.25, 0.3) is 0 Å². The van der Waals surface area contributed by atoms with Crippen LogP contribution < -0.4 is 15.4 Å². The van der Waals surface area contributed by atoms with Crippen molar-refractivity contribution in [1.29, 1.82) is 0 Å². The Morgan fingerprint density at radius 3 is 2.80 bits per heavy atom. The standard InChI is InChI=1S/C14H21FN2O3/c1-10(14(18)16-7-4-8-19-2)17-13-9-11(20-3)5-6-12(13)15/h5-6,9-10,17H,4,7-8H2,1-3H3,(H,16,18). The largest absolute Gasteiger partial charge is 0.497 e. The molecule has 0 aromatic heterocycles. The maximum Gasteiger partial charge on any atom is 0.242 e. The second kappa shape index (κ2) is 8.37. The molecule has 20 heavy (non-hydrogen) atoms. The number of carbonyl (C=O) groups is 1. The number of methoxy groups -OCH3 is 2. The fourth-order valence-corrected chi connectivity index (χ4v) is 1.62. The van der Waals surface area contributed by atoms with Crippen LogP contribution in [0.5, 0.6) is 5.75 Å². The Morgan fingerprint density at radius 2 is 2.15 bits per heavy atom. The summed E-state index contributed by atoms with van der Waals surface area (Å²) in [5.41, 5.74) is 0.240. The Bertz CT molecular complexity index is 440. The maximum absolute atomic E-state index is 13.6. The summed E-state index contributed by atoms with van der Waals surface area (Å²) in [5.74, 6) is -0.0882. The molecule has 0 spiro atoms. The van der Waals surface area contributed by atoms with Crippen molar-refractivity contribution in [1.82, 2.24) is 5.32 Å². The molecule has 112 valence electrons. The quantitative estimate of drug-likeness (QED) is 0.715. The highest BCUT2D eigenvalue weighted by molar-refractivity contribution is 5.84. The van der Waals surface area contributed by atoms with E-state index in [2.05, 4.69) is 10.6 Å². The normalized spacial score (nSPS) is 11.8. The molecule has 0 fully saturated rings. The van der Waals surface area contributed by atoms with Crippen molar-refractivity contribution in [3.05, 3.63) is 24.0 Å². The van der Waals surface area contributed by atoms with Crippen LogP contribution in [0.2, 0.25) is 0 Å². The fraction of sp³-hybridized carbons (Fsp3) is 0.500. The van der Waals surface area contributed by atoms with Gasteiger partial charge >= 0.3 is 0 Å². The van der Waals surface area contributed by atoms with Crippen molar-refractivity contribution in [2.45, 2.75) is 19.4 Å². The summed E-state index contributed by atoms with van der Waals surface area (Å²) in [6.07, 6.45) is 0.739. The molecule has 0 saturated heterocycles. The molecule has 0 saturated carbocycles. The van der Waals surface area contributed by atoms with E-state index in [0.29, 0.717) is 18.9 Å². The molecule has 0 bridgehead atoms. The van der Waals surface area contributed by atoms with Gasteiger partial charge in [-0.15, -0.1) is 0 Å². The van der Waals surface area contributed by atoms with Crippen molar-refractivity contribution in [3.8, 4) is 5.75 Å². The molecule has 0 aliphatic carbocycles. The lowest BCUT2D eigenvalue weighted by molar-refractivity contribution is -0.121. The number of carbonyl (C=O) groups excluding carboxylic acids is 1. The van der Waals surface area contributed by atoms with Crippen molar-refractivity contribution >= 4 is 11.6 Å². The van der Waals surface area contributed by atoms with Crippen LogP contribution in [0.15, 0.2) is 18.2 Å². The van der Waals surface area contributed by atoms with Gasteiger partial charge in [-0.3, -0.25) is 4.79 Å². The molecule has 6 heteroatoms. The van der Waals surface area contributed by atoms with E-state index in [0.717, 1.165) is 6.42 Å². The van der Waals surface area contributed by atoms with Gasteiger partial charge in [-0.2, -0.15) is 0 Å². The predicted molar refractivity (Wildman–Crippen MR) is 75.5 cm³/mol. The van der Waals surface area contributed by atoms with E-state index < -0.39 is 11.9 Å². The topological polar surface area (TPSA) is 59.6 Å². The number of benzene rings is 1. The molecule has 2 N–H and O–H groups in total. The third-order valence-electron chi connectivity index (χ3n) is 2.76. The fourth-order valence-electron chi connectivity index (χ4n) is 1.62. The lowest BCUT2D eigenvalue weighted by Gasteiger charge is -2.16. The van der Waals surface area contributed by atoms with E-state index >= 15 is 0 Å². The summed E-state index contributed by atoms with van der Waals surface area (Å²) in [6.45, 7) is 2.79. The van der Waals surface area contributed by atoms with Crippen LogP contribution in [0.4, 0.5) is 10.1 Å². The van der Waals surface area contributed by atoms with Gasteiger partial charge in [0.1, 0.15) is 17.6 Å². The van der Waals surface area contributed by atoms with Crippen LogP contribution >= 0.6 is 0 Å². The van der Waals surface area contributed by atoms with Gasteiger partial charge in [0.15, 0.2) is 0 Å². The van der Waals surface area contributed by atoms with Crippen molar-refractivity contribution in [3.63, 3.8) is 0 Å². The van der Waals surface area contributed by atoms with Crippen molar-refractivity contribution in [2.24, 2.45) is 0 Å². The third kappa shape index (κ3) is 5.05. The van der Waals surface area contributed by atoms with E-state index in [9.17, 15) is 9.18 Å². The van der Waals surface area contributed by atoms with Gasteiger partial charge in [0.25, 0.3) is 0 Å². The van der Waals surface area contributed by atoms with Gasteiger partial charge in [0.2, 0.25) is 5.91 Å². The Labute approximate surface area is 118 Å². The number of amides is 1. The van der Waals surface area contributed by atoms with E-state index in [1.165, 1.54) is 25.3 Å². The second-order valence-electron chi connectivity index (χ2n) is 4.35. The Balaban J connectivity index is 2.52. The van der Waals surface area contributed by atoms with Gasteiger partial charge in [0.05, 0.1) is 12.8 Å². The first-order valence-electron chi connectivity index (χ1n) is 6.45. The molecule has 1 aromatic rings. The van der Waals surface area contributed by atoms with E-state index in [4.69, 9.17) is 9.47 Å². The number of anilines is 1. The van der Waals surface area contributed by atoms with Crippen molar-refractivity contribution < 1.29 is 18.7 Å². The number of rotatable bonds is 8. The van der Waals surface area contributed by atoms with Crippen LogP contribution in [0.3, 0.4) is 0 Å². The number of nitrogens with one attached hydrogen (secondary N) is 2. The summed E-state index contributed by atoms with van der Waals surface area (Å²) in [4.78, 5) is 11.8. The predicted octanol–water partition coefficient (Wildman–Crippen LogP) is 1.79. The Morgan fingerprint density at radius 1 is 1.40 bits per heavy atom. The molecular formula is C14H21FN2O3. The minimum absolute atomic E-state index is 0.191. The van der Waals surface area contributed by atoms with E-state index in [-0.39, 0.29) is 11.6 Å². The zero-order valence-corrected chi connectivity index (χ0v) is 12.0. The van der Waals surface area contributed by atoms with Gasteiger partial charge in [-0.25, -0.2) is 4.39 Å². The molecule has 0 heterocycles. The van der Waals surface area contributed by atoms with Gasteiger partial charge in [0, 0.05) is 26.3 Å². The van der Waals surface area contributed by atoms with Crippen molar-refractivity contribution in [2.75, 3.05) is 32.7 Å². The summed E-state index contributed by atoms with van der Waals surface area (Å²) >= 11 is 0. The summed E-state index contributed by atoms with van der Waals surface area (Å²) in [7, 11) is 3.11. The number of hydrogen-bond acceptors (Lipinski definition) is 4. The molecular weight excluding hydrogens is 263 g/mol. The Kier molecular flexibility index (Phi) is 6.79. The van der Waals surface area contributed by atoms with Crippen LogP contribution in [-0.4, -0.2) is 39.3 Å². The van der Waals surface area contributed by atoms with E-state index in [1.807, 2.05) is 0 Å². The second-order valence-corrected chi connectivity index (χ2v) is 4.35. The Hall–Kier alpha value is -1.82. The third-order valence-corrected chi connectivity index (χ3v) is 2.76. The molecule has 1 rings (SSSR count). The first-order valence-corrected chi connectivity index (χ1v) is 6.45. The van der Waals surface area contributed by atoms with Crippen LogP contribution in [0.1, 0.15) is 13.3 Å². The molecule has 0 aliphatic rings. The number of ether oxygens (including phenoxy) is 2. The van der Waals surface area contributed by atoms with Crippen LogP contribution in [-0.2, 0) is 9.53 Å². The SMILES string of the molecule is COCCCNC(=O)C(C)Nc1cc(OC)ccc1F. The van der Waals surface area contributed by atoms with Gasteiger partial charge in [-0.05, 0) is 25.5 Å². The molecule has 5 nitrogen and oxygen atoms in total. The average molecular weight is 284 g/mol. The summed E-state index contributed by atoms with van der Waals surface area (Å²) in [6, 6.07) is 3.80. The van der Waals surface area contributed by atoms with Gasteiger partial charge < -0.3 is 20.1 Å². The molecule has 1 unspecified atom stereocenters.